The van der Waals surface area contributed by atoms with Crippen molar-refractivity contribution in [1.82, 2.24) is 4.98 Å². The SMILES string of the molecule is CCOc1ccc(NC(=O)[C@H](C)Oc2ccc(C)c(C)c2)c2cccnc12. The Morgan fingerprint density at radius 3 is 2.70 bits per heavy atom. The van der Waals surface area contributed by atoms with Gasteiger partial charge in [0, 0.05) is 11.6 Å². The van der Waals surface area contributed by atoms with E-state index in [2.05, 4.69) is 10.3 Å². The van der Waals surface area contributed by atoms with Crippen molar-refractivity contribution in [1.29, 1.82) is 0 Å². The topological polar surface area (TPSA) is 60.5 Å². The van der Waals surface area contributed by atoms with Crippen LogP contribution in [0.15, 0.2) is 48.7 Å². The Balaban J connectivity index is 1.79. The summed E-state index contributed by atoms with van der Waals surface area (Å²) in [6, 6.07) is 13.2. The fraction of sp³-hybridized carbons (Fsp3) is 0.273. The number of ether oxygens (including phenoxy) is 2. The van der Waals surface area contributed by atoms with E-state index in [-0.39, 0.29) is 5.91 Å². The van der Waals surface area contributed by atoms with Crippen LogP contribution >= 0.6 is 0 Å². The highest BCUT2D eigenvalue weighted by atomic mass is 16.5. The number of aromatic nitrogens is 1. The number of amides is 1. The van der Waals surface area contributed by atoms with Gasteiger partial charge >= 0.3 is 0 Å². The zero-order valence-corrected chi connectivity index (χ0v) is 16.1. The van der Waals surface area contributed by atoms with Crippen molar-refractivity contribution < 1.29 is 14.3 Å². The van der Waals surface area contributed by atoms with Crippen LogP contribution in [-0.4, -0.2) is 23.6 Å². The van der Waals surface area contributed by atoms with Crippen LogP contribution in [-0.2, 0) is 4.79 Å². The Morgan fingerprint density at radius 1 is 1.15 bits per heavy atom. The van der Waals surface area contributed by atoms with Gasteiger partial charge in [-0.25, -0.2) is 0 Å². The van der Waals surface area contributed by atoms with Crippen LogP contribution in [0.4, 0.5) is 5.69 Å². The molecule has 1 atom stereocenters. The number of aryl methyl sites for hydroxylation is 2. The highest BCUT2D eigenvalue weighted by molar-refractivity contribution is 6.04. The first-order valence-corrected chi connectivity index (χ1v) is 9.05. The third-order valence-corrected chi connectivity index (χ3v) is 4.45. The molecule has 3 aromatic rings. The highest BCUT2D eigenvalue weighted by Gasteiger charge is 2.17. The van der Waals surface area contributed by atoms with Crippen LogP contribution in [0.1, 0.15) is 25.0 Å². The van der Waals surface area contributed by atoms with Gasteiger partial charge in [-0.05, 0) is 75.2 Å². The van der Waals surface area contributed by atoms with Crippen molar-refractivity contribution >= 4 is 22.5 Å². The van der Waals surface area contributed by atoms with Crippen molar-refractivity contribution in [2.75, 3.05) is 11.9 Å². The molecule has 0 spiro atoms. The molecular weight excluding hydrogens is 340 g/mol. The number of carbonyl (C=O) groups is 1. The molecule has 0 aliphatic carbocycles. The average molecular weight is 364 g/mol. The molecule has 2 aromatic carbocycles. The van der Waals surface area contributed by atoms with Gasteiger partial charge in [0.2, 0.25) is 0 Å². The van der Waals surface area contributed by atoms with Crippen molar-refractivity contribution in [3.8, 4) is 11.5 Å². The maximum absolute atomic E-state index is 12.6. The Kier molecular flexibility index (Phi) is 5.60. The first kappa shape index (κ1) is 18.7. The van der Waals surface area contributed by atoms with Gasteiger partial charge in [-0.3, -0.25) is 9.78 Å². The fourth-order valence-corrected chi connectivity index (χ4v) is 2.81. The van der Waals surface area contributed by atoms with Gasteiger partial charge in [-0.2, -0.15) is 0 Å². The molecule has 0 unspecified atom stereocenters. The molecule has 0 aliphatic rings. The van der Waals surface area contributed by atoms with E-state index in [1.165, 1.54) is 5.56 Å². The number of carbonyl (C=O) groups excluding carboxylic acids is 1. The Bertz CT molecular complexity index is 969. The molecule has 1 N–H and O–H groups in total. The summed E-state index contributed by atoms with van der Waals surface area (Å²) in [6.07, 6.45) is 1.08. The molecule has 1 amide bonds. The van der Waals surface area contributed by atoms with E-state index in [1.807, 2.05) is 63.2 Å². The van der Waals surface area contributed by atoms with Crippen molar-refractivity contribution in [2.45, 2.75) is 33.8 Å². The molecule has 1 aromatic heterocycles. The van der Waals surface area contributed by atoms with Gasteiger partial charge in [0.05, 0.1) is 12.3 Å². The maximum Gasteiger partial charge on any atom is 0.265 e. The van der Waals surface area contributed by atoms with Crippen LogP contribution in [0.25, 0.3) is 10.9 Å². The Labute approximate surface area is 159 Å². The average Bonchev–Trinajstić information content (AvgIpc) is 2.66. The van der Waals surface area contributed by atoms with Gasteiger partial charge in [-0.15, -0.1) is 0 Å². The second-order valence-corrected chi connectivity index (χ2v) is 6.44. The minimum absolute atomic E-state index is 0.220. The van der Waals surface area contributed by atoms with Crippen molar-refractivity contribution in [2.24, 2.45) is 0 Å². The number of hydrogen-bond acceptors (Lipinski definition) is 4. The number of benzene rings is 2. The third-order valence-electron chi connectivity index (χ3n) is 4.45. The van der Waals surface area contributed by atoms with Crippen LogP contribution in [0.2, 0.25) is 0 Å². The molecule has 1 heterocycles. The monoisotopic (exact) mass is 364 g/mol. The van der Waals surface area contributed by atoms with E-state index < -0.39 is 6.10 Å². The minimum Gasteiger partial charge on any atom is -0.492 e. The van der Waals surface area contributed by atoms with E-state index in [1.54, 1.807) is 13.1 Å². The lowest BCUT2D eigenvalue weighted by Gasteiger charge is -2.17. The molecule has 0 saturated carbocycles. The predicted octanol–water partition coefficient (Wildman–Crippen LogP) is 4.66. The van der Waals surface area contributed by atoms with Crippen molar-refractivity contribution in [3.63, 3.8) is 0 Å². The summed E-state index contributed by atoms with van der Waals surface area (Å²) in [7, 11) is 0. The number of anilines is 1. The summed E-state index contributed by atoms with van der Waals surface area (Å²) < 4.78 is 11.4. The smallest absolute Gasteiger partial charge is 0.265 e. The molecule has 140 valence electrons. The quantitative estimate of drug-likeness (QED) is 0.691. The number of nitrogens with zero attached hydrogens (tertiary/aromatic N) is 1. The number of nitrogens with one attached hydrogen (secondary N) is 1. The van der Waals surface area contributed by atoms with Gasteiger partial charge < -0.3 is 14.8 Å². The lowest BCUT2D eigenvalue weighted by molar-refractivity contribution is -0.122. The molecule has 5 nitrogen and oxygen atoms in total. The Morgan fingerprint density at radius 2 is 1.96 bits per heavy atom. The molecule has 0 saturated heterocycles. The normalized spacial score (nSPS) is 11.9. The lowest BCUT2D eigenvalue weighted by atomic mass is 10.1. The third kappa shape index (κ3) is 4.19. The Hall–Kier alpha value is -3.08. The van der Waals surface area contributed by atoms with Crippen LogP contribution < -0.4 is 14.8 Å². The molecule has 3 rings (SSSR count). The molecule has 5 heteroatoms. The zero-order chi connectivity index (χ0) is 19.4. The molecule has 0 bridgehead atoms. The summed E-state index contributed by atoms with van der Waals surface area (Å²) >= 11 is 0. The summed E-state index contributed by atoms with van der Waals surface area (Å²) in [5.74, 6) is 1.16. The lowest BCUT2D eigenvalue weighted by Crippen LogP contribution is -2.30. The second kappa shape index (κ2) is 8.08. The molecule has 0 aliphatic heterocycles. The first-order valence-electron chi connectivity index (χ1n) is 9.05. The molecule has 0 fully saturated rings. The highest BCUT2D eigenvalue weighted by Crippen LogP contribution is 2.30. The number of rotatable bonds is 6. The number of fused-ring (bicyclic) bond motifs is 1. The molecular formula is C22H24N2O3. The summed E-state index contributed by atoms with van der Waals surface area (Å²) in [4.78, 5) is 17.0. The van der Waals surface area contributed by atoms with Crippen molar-refractivity contribution in [3.05, 3.63) is 59.8 Å². The second-order valence-electron chi connectivity index (χ2n) is 6.44. The molecule has 0 radical (unpaired) electrons. The summed E-state index contributed by atoms with van der Waals surface area (Å²) in [6.45, 7) is 8.28. The van der Waals surface area contributed by atoms with E-state index in [9.17, 15) is 4.79 Å². The largest absolute Gasteiger partial charge is 0.492 e. The van der Waals surface area contributed by atoms with Gasteiger partial charge in [0.15, 0.2) is 6.10 Å². The van der Waals surface area contributed by atoms with Crippen LogP contribution in [0, 0.1) is 13.8 Å². The number of pyridine rings is 1. The predicted molar refractivity (Wildman–Crippen MR) is 108 cm³/mol. The standard InChI is InChI=1S/C22H24N2O3/c1-5-26-20-11-10-19(18-7-6-12-23-21(18)20)24-22(25)16(4)27-17-9-8-14(2)15(3)13-17/h6-13,16H,5H2,1-4H3,(H,24,25)/t16-/m0/s1. The van der Waals surface area contributed by atoms with Gasteiger partial charge in [0.25, 0.3) is 5.91 Å². The van der Waals surface area contributed by atoms with E-state index in [0.29, 0.717) is 23.8 Å². The summed E-state index contributed by atoms with van der Waals surface area (Å²) in [5, 5.41) is 3.77. The van der Waals surface area contributed by atoms with E-state index in [0.717, 1.165) is 16.5 Å². The fourth-order valence-electron chi connectivity index (χ4n) is 2.81. The first-order chi connectivity index (χ1) is 13.0. The van der Waals surface area contributed by atoms with E-state index in [4.69, 9.17) is 9.47 Å². The maximum atomic E-state index is 12.6. The minimum atomic E-state index is -0.634. The van der Waals surface area contributed by atoms with Gasteiger partial charge in [0.1, 0.15) is 17.0 Å². The van der Waals surface area contributed by atoms with Gasteiger partial charge in [-0.1, -0.05) is 6.07 Å². The van der Waals surface area contributed by atoms with Crippen LogP contribution in [0.5, 0.6) is 11.5 Å². The molecule has 27 heavy (non-hydrogen) atoms. The van der Waals surface area contributed by atoms with Crippen LogP contribution in [0.3, 0.4) is 0 Å². The summed E-state index contributed by atoms with van der Waals surface area (Å²) in [5.41, 5.74) is 3.72. The van der Waals surface area contributed by atoms with E-state index >= 15 is 0 Å². The zero-order valence-electron chi connectivity index (χ0n) is 16.1. The number of hydrogen-bond donors (Lipinski definition) is 1.